The summed E-state index contributed by atoms with van der Waals surface area (Å²) in [7, 11) is 3.31. The molecule has 0 aromatic heterocycles. The van der Waals surface area contributed by atoms with Gasteiger partial charge in [-0.05, 0) is 30.5 Å². The first-order valence-corrected chi connectivity index (χ1v) is 7.42. The molecule has 1 aliphatic rings. The Morgan fingerprint density at radius 1 is 1.14 bits per heavy atom. The number of likely N-dealkylation sites (tertiary alicyclic amines) is 1. The van der Waals surface area contributed by atoms with E-state index in [0.29, 0.717) is 12.7 Å². The van der Waals surface area contributed by atoms with E-state index >= 15 is 0 Å². The smallest absolute Gasteiger partial charge is 0.161 e. The molecule has 0 saturated carbocycles. The summed E-state index contributed by atoms with van der Waals surface area (Å²) in [6, 6.07) is 6.06. The average Bonchev–Trinajstić information content (AvgIpc) is 2.54. The third-order valence-corrected chi connectivity index (χ3v) is 3.83. The van der Waals surface area contributed by atoms with Crippen molar-refractivity contribution >= 4 is 0 Å². The lowest BCUT2D eigenvalue weighted by atomic mass is 10.1. The Morgan fingerprint density at radius 2 is 1.86 bits per heavy atom. The first-order valence-electron chi connectivity index (χ1n) is 7.42. The predicted molar refractivity (Wildman–Crippen MR) is 80.9 cm³/mol. The van der Waals surface area contributed by atoms with Gasteiger partial charge in [-0.25, -0.2) is 0 Å². The number of ether oxygens (including phenoxy) is 3. The Labute approximate surface area is 126 Å². The van der Waals surface area contributed by atoms with Gasteiger partial charge < -0.3 is 19.3 Å². The minimum Gasteiger partial charge on any atom is -0.493 e. The van der Waals surface area contributed by atoms with Crippen LogP contribution in [-0.2, 0) is 11.3 Å². The van der Waals surface area contributed by atoms with E-state index in [1.54, 1.807) is 14.2 Å². The molecule has 0 radical (unpaired) electrons. The van der Waals surface area contributed by atoms with Gasteiger partial charge in [0, 0.05) is 19.6 Å². The van der Waals surface area contributed by atoms with Crippen LogP contribution in [0.4, 0.5) is 0 Å². The molecule has 21 heavy (non-hydrogen) atoms. The van der Waals surface area contributed by atoms with Crippen LogP contribution in [0.2, 0.25) is 0 Å². The fourth-order valence-electron chi connectivity index (χ4n) is 2.69. The summed E-state index contributed by atoms with van der Waals surface area (Å²) in [6.45, 7) is 3.49. The molecule has 2 rings (SSSR count). The van der Waals surface area contributed by atoms with Crippen LogP contribution in [0, 0.1) is 0 Å². The Balaban J connectivity index is 1.86. The molecular formula is C16H25NO4. The monoisotopic (exact) mass is 295 g/mol. The van der Waals surface area contributed by atoms with Crippen molar-refractivity contribution in [3.8, 4) is 11.5 Å². The second-order valence-corrected chi connectivity index (χ2v) is 5.26. The molecule has 0 unspecified atom stereocenters. The van der Waals surface area contributed by atoms with Crippen LogP contribution in [-0.4, -0.2) is 56.6 Å². The van der Waals surface area contributed by atoms with Gasteiger partial charge in [0.15, 0.2) is 11.5 Å². The number of aliphatic hydroxyl groups is 1. The summed E-state index contributed by atoms with van der Waals surface area (Å²) in [5.74, 6) is 1.54. The molecular weight excluding hydrogens is 270 g/mol. The van der Waals surface area contributed by atoms with E-state index in [9.17, 15) is 0 Å². The summed E-state index contributed by atoms with van der Waals surface area (Å²) in [5.41, 5.74) is 1.22. The Hall–Kier alpha value is -1.30. The molecule has 0 amide bonds. The van der Waals surface area contributed by atoms with Crippen LogP contribution in [0.25, 0.3) is 0 Å². The third kappa shape index (κ3) is 4.59. The van der Waals surface area contributed by atoms with E-state index in [1.807, 2.05) is 12.1 Å². The normalized spacial score (nSPS) is 16.9. The molecule has 1 fully saturated rings. The number of aliphatic hydroxyl groups excluding tert-OH is 1. The van der Waals surface area contributed by atoms with Gasteiger partial charge in [0.25, 0.3) is 0 Å². The van der Waals surface area contributed by atoms with Crippen molar-refractivity contribution in [1.29, 1.82) is 0 Å². The zero-order chi connectivity index (χ0) is 15.1. The first kappa shape index (κ1) is 16.1. The number of benzene rings is 1. The highest BCUT2D eigenvalue weighted by molar-refractivity contribution is 5.42. The fraction of sp³-hybridized carbons (Fsp3) is 0.625. The molecule has 1 heterocycles. The molecule has 1 aromatic rings. The maximum absolute atomic E-state index is 8.78. The molecule has 118 valence electrons. The van der Waals surface area contributed by atoms with Crippen molar-refractivity contribution in [3.05, 3.63) is 23.8 Å². The molecule has 0 aliphatic carbocycles. The topological polar surface area (TPSA) is 51.2 Å². The SMILES string of the molecule is COc1ccc(CN2CCC(OCCO)CC2)cc1OC. The molecule has 0 bridgehead atoms. The number of rotatable bonds is 7. The number of piperidine rings is 1. The van der Waals surface area contributed by atoms with Gasteiger partial charge in [-0.3, -0.25) is 4.90 Å². The number of hydrogen-bond acceptors (Lipinski definition) is 5. The lowest BCUT2D eigenvalue weighted by Gasteiger charge is -2.31. The van der Waals surface area contributed by atoms with Crippen molar-refractivity contribution in [1.82, 2.24) is 4.90 Å². The van der Waals surface area contributed by atoms with Crippen molar-refractivity contribution in [2.45, 2.75) is 25.5 Å². The maximum atomic E-state index is 8.78. The molecule has 5 heteroatoms. The van der Waals surface area contributed by atoms with Crippen LogP contribution in [0.5, 0.6) is 11.5 Å². The number of methoxy groups -OCH3 is 2. The Kier molecular flexibility index (Phi) is 6.29. The first-order chi connectivity index (χ1) is 10.3. The lowest BCUT2D eigenvalue weighted by molar-refractivity contribution is -0.00902. The summed E-state index contributed by atoms with van der Waals surface area (Å²) < 4.78 is 16.2. The molecule has 0 spiro atoms. The predicted octanol–water partition coefficient (Wildman–Crippen LogP) is 1.68. The average molecular weight is 295 g/mol. The second-order valence-electron chi connectivity index (χ2n) is 5.26. The molecule has 0 atom stereocenters. The van der Waals surface area contributed by atoms with E-state index in [-0.39, 0.29) is 6.61 Å². The third-order valence-electron chi connectivity index (χ3n) is 3.83. The minimum absolute atomic E-state index is 0.103. The van der Waals surface area contributed by atoms with E-state index in [1.165, 1.54) is 5.56 Å². The summed E-state index contributed by atoms with van der Waals surface area (Å²) >= 11 is 0. The van der Waals surface area contributed by atoms with Gasteiger partial charge in [0.1, 0.15) is 0 Å². The maximum Gasteiger partial charge on any atom is 0.161 e. The van der Waals surface area contributed by atoms with E-state index < -0.39 is 0 Å². The van der Waals surface area contributed by atoms with Crippen molar-refractivity contribution < 1.29 is 19.3 Å². The van der Waals surface area contributed by atoms with Crippen LogP contribution >= 0.6 is 0 Å². The van der Waals surface area contributed by atoms with E-state index in [2.05, 4.69) is 11.0 Å². The highest BCUT2D eigenvalue weighted by Gasteiger charge is 2.19. The van der Waals surface area contributed by atoms with Crippen LogP contribution in [0.3, 0.4) is 0 Å². The standard InChI is InChI=1S/C16H25NO4/c1-19-15-4-3-13(11-16(15)20-2)12-17-7-5-14(6-8-17)21-10-9-18/h3-4,11,14,18H,5-10,12H2,1-2H3. The number of nitrogens with zero attached hydrogens (tertiary/aromatic N) is 1. The van der Waals surface area contributed by atoms with Gasteiger partial charge in [-0.2, -0.15) is 0 Å². The van der Waals surface area contributed by atoms with Gasteiger partial charge >= 0.3 is 0 Å². The van der Waals surface area contributed by atoms with Crippen LogP contribution in [0.15, 0.2) is 18.2 Å². The fourth-order valence-corrected chi connectivity index (χ4v) is 2.69. The molecule has 5 nitrogen and oxygen atoms in total. The minimum atomic E-state index is 0.103. The van der Waals surface area contributed by atoms with Gasteiger partial charge in [0.2, 0.25) is 0 Å². The molecule has 1 saturated heterocycles. The highest BCUT2D eigenvalue weighted by Crippen LogP contribution is 2.28. The van der Waals surface area contributed by atoms with Gasteiger partial charge in [-0.15, -0.1) is 0 Å². The van der Waals surface area contributed by atoms with E-state index in [4.69, 9.17) is 19.3 Å². The molecule has 1 N–H and O–H groups in total. The quantitative estimate of drug-likeness (QED) is 0.829. The number of hydrogen-bond donors (Lipinski definition) is 1. The van der Waals surface area contributed by atoms with Crippen LogP contribution in [0.1, 0.15) is 18.4 Å². The zero-order valence-corrected chi connectivity index (χ0v) is 12.9. The molecule has 1 aromatic carbocycles. The molecule has 1 aliphatic heterocycles. The lowest BCUT2D eigenvalue weighted by Crippen LogP contribution is -2.36. The highest BCUT2D eigenvalue weighted by atomic mass is 16.5. The van der Waals surface area contributed by atoms with E-state index in [0.717, 1.165) is 44.0 Å². The van der Waals surface area contributed by atoms with Crippen molar-refractivity contribution in [2.75, 3.05) is 40.5 Å². The largest absolute Gasteiger partial charge is 0.493 e. The summed E-state index contributed by atoms with van der Waals surface area (Å²) in [4.78, 5) is 2.42. The Bertz CT molecular complexity index is 430. The zero-order valence-electron chi connectivity index (χ0n) is 12.9. The van der Waals surface area contributed by atoms with Crippen molar-refractivity contribution in [2.24, 2.45) is 0 Å². The van der Waals surface area contributed by atoms with Crippen molar-refractivity contribution in [3.63, 3.8) is 0 Å². The summed E-state index contributed by atoms with van der Waals surface area (Å²) in [5, 5.41) is 8.78. The summed E-state index contributed by atoms with van der Waals surface area (Å²) in [6.07, 6.45) is 2.33. The Morgan fingerprint density at radius 3 is 2.48 bits per heavy atom. The second kappa shape index (κ2) is 8.22. The van der Waals surface area contributed by atoms with Gasteiger partial charge in [0.05, 0.1) is 33.5 Å². The van der Waals surface area contributed by atoms with Crippen LogP contribution < -0.4 is 9.47 Å². The van der Waals surface area contributed by atoms with Gasteiger partial charge in [-0.1, -0.05) is 6.07 Å².